The van der Waals surface area contributed by atoms with Crippen LogP contribution in [0, 0.1) is 17.7 Å². The summed E-state index contributed by atoms with van der Waals surface area (Å²) in [6, 6.07) is 4.24. The van der Waals surface area contributed by atoms with Gasteiger partial charge in [0.25, 0.3) is 0 Å². The van der Waals surface area contributed by atoms with Crippen molar-refractivity contribution in [1.82, 2.24) is 0 Å². The lowest BCUT2D eigenvalue weighted by Crippen LogP contribution is -2.00. The van der Waals surface area contributed by atoms with E-state index in [1.54, 1.807) is 6.07 Å². The lowest BCUT2D eigenvalue weighted by Gasteiger charge is -1.99. The van der Waals surface area contributed by atoms with E-state index in [0.29, 0.717) is 18.5 Å². The van der Waals surface area contributed by atoms with Gasteiger partial charge in [0.05, 0.1) is 12.0 Å². The van der Waals surface area contributed by atoms with Gasteiger partial charge in [0.1, 0.15) is 5.82 Å². The Hall–Kier alpha value is -1.86. The molecular weight excluding hydrogens is 209 g/mol. The Morgan fingerprint density at radius 3 is 2.81 bits per heavy atom. The van der Waals surface area contributed by atoms with E-state index >= 15 is 0 Å². The van der Waals surface area contributed by atoms with Crippen LogP contribution in [0.3, 0.4) is 0 Å². The van der Waals surface area contributed by atoms with Crippen LogP contribution in [0.2, 0.25) is 0 Å². The molecule has 1 rings (SSSR count). The Morgan fingerprint density at radius 2 is 2.25 bits per heavy atom. The molecule has 84 valence electrons. The number of rotatable bonds is 3. The molecule has 0 saturated carbocycles. The predicted molar refractivity (Wildman–Crippen MR) is 58.3 cm³/mol. The summed E-state index contributed by atoms with van der Waals surface area (Å²) in [7, 11) is 0. The Bertz CT molecular complexity index is 446. The number of halogens is 1. The van der Waals surface area contributed by atoms with E-state index in [9.17, 15) is 9.18 Å². The van der Waals surface area contributed by atoms with Crippen molar-refractivity contribution in [1.29, 1.82) is 0 Å². The fraction of sp³-hybridized carbons (Fsp3) is 0.250. The van der Waals surface area contributed by atoms with Crippen LogP contribution in [0.25, 0.3) is 0 Å². The summed E-state index contributed by atoms with van der Waals surface area (Å²) in [4.78, 5) is 10.4. The van der Waals surface area contributed by atoms with Gasteiger partial charge in [-0.1, -0.05) is 17.9 Å². The Labute approximate surface area is 93.1 Å². The summed E-state index contributed by atoms with van der Waals surface area (Å²) in [6.07, 6.45) is 0.323. The average molecular weight is 221 g/mol. The first-order chi connectivity index (χ1) is 7.63. The second-order valence-corrected chi connectivity index (χ2v) is 3.23. The monoisotopic (exact) mass is 221 g/mol. The first-order valence-electron chi connectivity index (χ1n) is 4.82. The molecule has 1 aromatic carbocycles. The van der Waals surface area contributed by atoms with Crippen LogP contribution in [0.15, 0.2) is 18.2 Å². The van der Waals surface area contributed by atoms with Crippen LogP contribution in [-0.2, 0) is 11.2 Å². The summed E-state index contributed by atoms with van der Waals surface area (Å²) in [5, 5.41) is 8.54. The minimum atomic E-state index is -0.985. The van der Waals surface area contributed by atoms with E-state index in [0.717, 1.165) is 0 Å². The molecule has 3 nitrogen and oxygen atoms in total. The Kier molecular flexibility index (Phi) is 4.49. The molecule has 0 aromatic heterocycles. The van der Waals surface area contributed by atoms with Gasteiger partial charge in [-0.15, -0.1) is 0 Å². The molecule has 0 aliphatic carbocycles. The maximum atomic E-state index is 13.4. The zero-order valence-corrected chi connectivity index (χ0v) is 8.66. The molecule has 16 heavy (non-hydrogen) atoms. The minimum absolute atomic E-state index is 0.187. The van der Waals surface area contributed by atoms with E-state index in [-0.39, 0.29) is 12.0 Å². The fourth-order valence-electron chi connectivity index (χ4n) is 1.17. The van der Waals surface area contributed by atoms with Crippen LogP contribution in [0.4, 0.5) is 4.39 Å². The van der Waals surface area contributed by atoms with Gasteiger partial charge in [0.2, 0.25) is 0 Å². The standard InChI is InChI=1S/C12H12FNO2/c13-11-7-9(8-12(15)16)4-5-10(11)3-1-2-6-14/h4-5,7H,2,6,8,14H2,(H,15,16). The quantitative estimate of drug-likeness (QED) is 0.753. The molecule has 0 unspecified atom stereocenters. The predicted octanol–water partition coefficient (Wildman–Crippen LogP) is 1.15. The number of nitrogens with two attached hydrogens (primary N) is 1. The molecule has 0 spiro atoms. The number of carboxylic acids is 1. The van der Waals surface area contributed by atoms with Crippen molar-refractivity contribution in [3.63, 3.8) is 0 Å². The molecule has 1 aromatic rings. The summed E-state index contributed by atoms with van der Waals surface area (Å²) in [5.74, 6) is 3.88. The van der Waals surface area contributed by atoms with Crippen LogP contribution in [0.5, 0.6) is 0 Å². The zero-order valence-electron chi connectivity index (χ0n) is 8.66. The van der Waals surface area contributed by atoms with E-state index in [1.807, 2.05) is 0 Å². The molecule has 0 aliphatic rings. The third-order valence-corrected chi connectivity index (χ3v) is 1.88. The van der Waals surface area contributed by atoms with Crippen LogP contribution >= 0.6 is 0 Å². The lowest BCUT2D eigenvalue weighted by molar-refractivity contribution is -0.136. The fourth-order valence-corrected chi connectivity index (χ4v) is 1.17. The molecular formula is C12H12FNO2. The molecule has 0 heterocycles. The van der Waals surface area contributed by atoms with E-state index in [4.69, 9.17) is 10.8 Å². The van der Waals surface area contributed by atoms with Crippen LogP contribution in [0.1, 0.15) is 17.5 Å². The SMILES string of the molecule is NCCC#Cc1ccc(CC(=O)O)cc1F. The van der Waals surface area contributed by atoms with Crippen molar-refractivity contribution in [2.24, 2.45) is 5.73 Å². The number of aliphatic carboxylic acids is 1. The summed E-state index contributed by atoms with van der Waals surface area (Å²) < 4.78 is 13.4. The third kappa shape index (κ3) is 3.71. The van der Waals surface area contributed by atoms with E-state index in [2.05, 4.69) is 11.8 Å². The Morgan fingerprint density at radius 1 is 1.50 bits per heavy atom. The lowest BCUT2D eigenvalue weighted by atomic mass is 10.1. The molecule has 0 amide bonds. The Balaban J connectivity index is 2.84. The van der Waals surface area contributed by atoms with Crippen molar-refractivity contribution >= 4 is 5.97 Å². The van der Waals surface area contributed by atoms with E-state index < -0.39 is 11.8 Å². The highest BCUT2D eigenvalue weighted by Crippen LogP contribution is 2.10. The second kappa shape index (κ2) is 5.89. The third-order valence-electron chi connectivity index (χ3n) is 1.88. The van der Waals surface area contributed by atoms with Gasteiger partial charge in [-0.3, -0.25) is 4.79 Å². The van der Waals surface area contributed by atoms with Gasteiger partial charge in [-0.2, -0.15) is 0 Å². The van der Waals surface area contributed by atoms with Crippen LogP contribution < -0.4 is 5.73 Å². The number of benzene rings is 1. The molecule has 0 fully saturated rings. The summed E-state index contributed by atoms with van der Waals surface area (Å²) >= 11 is 0. The van der Waals surface area contributed by atoms with Crippen molar-refractivity contribution in [3.05, 3.63) is 35.1 Å². The number of hydrogen-bond acceptors (Lipinski definition) is 2. The van der Waals surface area contributed by atoms with Gasteiger partial charge in [-0.25, -0.2) is 4.39 Å². The largest absolute Gasteiger partial charge is 0.481 e. The highest BCUT2D eigenvalue weighted by atomic mass is 19.1. The van der Waals surface area contributed by atoms with Gasteiger partial charge < -0.3 is 10.8 Å². The second-order valence-electron chi connectivity index (χ2n) is 3.23. The minimum Gasteiger partial charge on any atom is -0.481 e. The van der Waals surface area contributed by atoms with Crippen molar-refractivity contribution < 1.29 is 14.3 Å². The zero-order chi connectivity index (χ0) is 12.0. The highest BCUT2D eigenvalue weighted by molar-refractivity contribution is 5.70. The smallest absolute Gasteiger partial charge is 0.307 e. The van der Waals surface area contributed by atoms with Crippen molar-refractivity contribution in [3.8, 4) is 11.8 Å². The first kappa shape index (κ1) is 12.2. The maximum absolute atomic E-state index is 13.4. The maximum Gasteiger partial charge on any atom is 0.307 e. The van der Waals surface area contributed by atoms with Crippen molar-refractivity contribution in [2.75, 3.05) is 6.54 Å². The number of hydrogen-bond donors (Lipinski definition) is 2. The van der Waals surface area contributed by atoms with Gasteiger partial charge in [0, 0.05) is 13.0 Å². The van der Waals surface area contributed by atoms with Crippen molar-refractivity contribution in [2.45, 2.75) is 12.8 Å². The molecule has 0 bridgehead atoms. The molecule has 0 radical (unpaired) electrons. The molecule has 0 aliphatic heterocycles. The normalized spacial score (nSPS) is 9.38. The topological polar surface area (TPSA) is 63.3 Å². The summed E-state index contributed by atoms with van der Waals surface area (Å²) in [6.45, 7) is 0.436. The summed E-state index contributed by atoms with van der Waals surface area (Å²) in [5.41, 5.74) is 5.94. The molecule has 3 N–H and O–H groups in total. The van der Waals surface area contributed by atoms with Crippen LogP contribution in [-0.4, -0.2) is 17.6 Å². The molecule has 0 atom stereocenters. The van der Waals surface area contributed by atoms with Gasteiger partial charge >= 0.3 is 5.97 Å². The van der Waals surface area contributed by atoms with E-state index in [1.165, 1.54) is 12.1 Å². The number of carbonyl (C=O) groups is 1. The molecule has 0 saturated heterocycles. The first-order valence-corrected chi connectivity index (χ1v) is 4.82. The average Bonchev–Trinajstić information content (AvgIpc) is 2.20. The van der Waals surface area contributed by atoms with Gasteiger partial charge in [0.15, 0.2) is 0 Å². The number of carboxylic acid groups (broad SMARTS) is 1. The van der Waals surface area contributed by atoms with Gasteiger partial charge in [-0.05, 0) is 17.7 Å². The molecule has 4 heteroatoms. The highest BCUT2D eigenvalue weighted by Gasteiger charge is 2.04.